The van der Waals surface area contributed by atoms with Crippen molar-refractivity contribution in [3.05, 3.63) is 35.9 Å². The van der Waals surface area contributed by atoms with Gasteiger partial charge >= 0.3 is 0 Å². The molecule has 5 atom stereocenters. The number of hydrogen-bond acceptors (Lipinski definition) is 5. The van der Waals surface area contributed by atoms with Crippen LogP contribution in [0.1, 0.15) is 26.3 Å². The van der Waals surface area contributed by atoms with E-state index in [0.717, 1.165) is 5.56 Å². The minimum Gasteiger partial charge on any atom is -0.391 e. The van der Waals surface area contributed by atoms with Gasteiger partial charge in [-0.2, -0.15) is 0 Å². The lowest BCUT2D eigenvalue weighted by molar-refractivity contribution is -0.229. The van der Waals surface area contributed by atoms with Crippen LogP contribution in [0.5, 0.6) is 0 Å². The second-order valence-electron chi connectivity index (χ2n) is 6.07. The van der Waals surface area contributed by atoms with Crippen molar-refractivity contribution in [2.45, 2.75) is 63.9 Å². The Kier molecular flexibility index (Phi) is 4.03. The van der Waals surface area contributed by atoms with Gasteiger partial charge < -0.3 is 24.1 Å². The van der Waals surface area contributed by atoms with Crippen LogP contribution in [-0.2, 0) is 25.6 Å². The zero-order valence-electron chi connectivity index (χ0n) is 12.6. The Morgan fingerprint density at radius 2 is 1.95 bits per heavy atom. The molecule has 0 aliphatic carbocycles. The van der Waals surface area contributed by atoms with Gasteiger partial charge in [-0.3, -0.25) is 0 Å². The standard InChI is InChI=1S/C16H22O5/c1-10(17)12-13(18-9-11-7-5-4-6-8-11)14-15(19-12)21-16(2,3)20-14/h4-8,10,12-15,17H,9H2,1-3H3/t10-,12-,13+,14-,15-/m1/s1. The van der Waals surface area contributed by atoms with Gasteiger partial charge in [0.15, 0.2) is 12.1 Å². The van der Waals surface area contributed by atoms with Gasteiger partial charge in [0.25, 0.3) is 0 Å². The molecule has 0 bridgehead atoms. The average Bonchev–Trinajstić information content (AvgIpc) is 2.90. The zero-order chi connectivity index (χ0) is 15.0. The fourth-order valence-corrected chi connectivity index (χ4v) is 2.85. The highest BCUT2D eigenvalue weighted by Gasteiger charge is 2.56. The zero-order valence-corrected chi connectivity index (χ0v) is 12.6. The minimum absolute atomic E-state index is 0.316. The number of rotatable bonds is 4. The number of fused-ring (bicyclic) bond motifs is 1. The molecule has 0 amide bonds. The Bertz CT molecular complexity index is 473. The van der Waals surface area contributed by atoms with E-state index >= 15 is 0 Å². The lowest BCUT2D eigenvalue weighted by atomic mass is 10.1. The number of aliphatic hydroxyl groups is 1. The van der Waals surface area contributed by atoms with Gasteiger partial charge in [-0.25, -0.2) is 0 Å². The summed E-state index contributed by atoms with van der Waals surface area (Å²) in [5.41, 5.74) is 1.07. The monoisotopic (exact) mass is 294 g/mol. The molecule has 2 fully saturated rings. The van der Waals surface area contributed by atoms with E-state index in [2.05, 4.69) is 0 Å². The van der Waals surface area contributed by atoms with Crippen molar-refractivity contribution in [2.75, 3.05) is 0 Å². The van der Waals surface area contributed by atoms with Crippen molar-refractivity contribution in [1.82, 2.24) is 0 Å². The first-order chi connectivity index (χ1) is 9.96. The molecule has 1 aromatic carbocycles. The van der Waals surface area contributed by atoms with E-state index in [1.165, 1.54) is 0 Å². The van der Waals surface area contributed by atoms with Gasteiger partial charge in [-0.05, 0) is 26.3 Å². The summed E-state index contributed by atoms with van der Waals surface area (Å²) in [6, 6.07) is 9.91. The topological polar surface area (TPSA) is 57.2 Å². The molecule has 2 saturated heterocycles. The summed E-state index contributed by atoms with van der Waals surface area (Å²) in [6.45, 7) is 5.83. The third kappa shape index (κ3) is 3.12. The Hall–Kier alpha value is -0.980. The molecule has 5 heteroatoms. The molecule has 0 spiro atoms. The molecule has 116 valence electrons. The Labute approximate surface area is 124 Å². The van der Waals surface area contributed by atoms with Crippen molar-refractivity contribution < 1.29 is 24.1 Å². The highest BCUT2D eigenvalue weighted by atomic mass is 16.8. The van der Waals surface area contributed by atoms with Gasteiger partial charge in [-0.15, -0.1) is 0 Å². The highest BCUT2D eigenvalue weighted by Crippen LogP contribution is 2.39. The maximum absolute atomic E-state index is 9.89. The summed E-state index contributed by atoms with van der Waals surface area (Å²) < 4.78 is 23.3. The molecule has 2 aliphatic heterocycles. The van der Waals surface area contributed by atoms with E-state index in [4.69, 9.17) is 18.9 Å². The van der Waals surface area contributed by atoms with Crippen LogP contribution in [0.3, 0.4) is 0 Å². The van der Waals surface area contributed by atoms with Crippen LogP contribution in [0, 0.1) is 0 Å². The number of ether oxygens (including phenoxy) is 4. The first-order valence-electron chi connectivity index (χ1n) is 7.31. The van der Waals surface area contributed by atoms with E-state index < -0.39 is 24.3 Å². The fraction of sp³-hybridized carbons (Fsp3) is 0.625. The molecule has 0 unspecified atom stereocenters. The average molecular weight is 294 g/mol. The summed E-state index contributed by atoms with van der Waals surface area (Å²) >= 11 is 0. The molecule has 21 heavy (non-hydrogen) atoms. The molecular weight excluding hydrogens is 272 g/mol. The molecule has 1 aromatic rings. The van der Waals surface area contributed by atoms with Gasteiger partial charge in [-0.1, -0.05) is 30.3 Å². The van der Waals surface area contributed by atoms with Crippen LogP contribution >= 0.6 is 0 Å². The molecular formula is C16H22O5. The quantitative estimate of drug-likeness (QED) is 0.918. The molecule has 5 nitrogen and oxygen atoms in total. The number of benzene rings is 1. The number of aliphatic hydroxyl groups excluding tert-OH is 1. The first kappa shape index (κ1) is 14.9. The van der Waals surface area contributed by atoms with Crippen LogP contribution in [0.4, 0.5) is 0 Å². The smallest absolute Gasteiger partial charge is 0.190 e. The van der Waals surface area contributed by atoms with Crippen LogP contribution in [0.25, 0.3) is 0 Å². The predicted molar refractivity (Wildman–Crippen MR) is 75.4 cm³/mol. The molecule has 0 aromatic heterocycles. The summed E-state index contributed by atoms with van der Waals surface area (Å²) in [6.07, 6.45) is -2.24. The molecule has 0 radical (unpaired) electrons. The maximum atomic E-state index is 9.89. The van der Waals surface area contributed by atoms with Gasteiger partial charge in [0.05, 0.1) is 12.7 Å². The van der Waals surface area contributed by atoms with E-state index in [1.807, 2.05) is 44.2 Å². The third-order valence-corrected chi connectivity index (χ3v) is 3.79. The van der Waals surface area contributed by atoms with Crippen LogP contribution in [0.2, 0.25) is 0 Å². The van der Waals surface area contributed by atoms with Gasteiger partial charge in [0.1, 0.15) is 18.3 Å². The maximum Gasteiger partial charge on any atom is 0.190 e. The van der Waals surface area contributed by atoms with E-state index in [-0.39, 0.29) is 12.2 Å². The molecule has 2 aliphatic rings. The number of hydrogen-bond donors (Lipinski definition) is 1. The molecule has 1 N–H and O–H groups in total. The largest absolute Gasteiger partial charge is 0.391 e. The minimum atomic E-state index is -0.687. The molecule has 0 saturated carbocycles. The summed E-state index contributed by atoms with van der Waals surface area (Å²) in [4.78, 5) is 0. The molecule has 3 rings (SSSR count). The predicted octanol–water partition coefficient (Wildman–Crippen LogP) is 1.83. The van der Waals surface area contributed by atoms with Crippen LogP contribution in [-0.4, -0.2) is 41.6 Å². The van der Waals surface area contributed by atoms with Crippen molar-refractivity contribution in [3.63, 3.8) is 0 Å². The van der Waals surface area contributed by atoms with E-state index in [1.54, 1.807) is 6.92 Å². The van der Waals surface area contributed by atoms with E-state index in [0.29, 0.717) is 6.61 Å². The summed E-state index contributed by atoms with van der Waals surface area (Å²) in [5, 5.41) is 9.89. The SMILES string of the molecule is C[C@@H](O)[C@H]1O[C@@H]2OC(C)(C)O[C@@H]2[C@H]1OCc1ccccc1. The van der Waals surface area contributed by atoms with Crippen molar-refractivity contribution in [2.24, 2.45) is 0 Å². The summed E-state index contributed by atoms with van der Waals surface area (Å²) in [5.74, 6) is -0.687. The Morgan fingerprint density at radius 3 is 2.62 bits per heavy atom. The highest BCUT2D eigenvalue weighted by molar-refractivity contribution is 5.13. The fourth-order valence-electron chi connectivity index (χ4n) is 2.85. The lowest BCUT2D eigenvalue weighted by Crippen LogP contribution is -2.41. The second-order valence-corrected chi connectivity index (χ2v) is 6.07. The van der Waals surface area contributed by atoms with Crippen molar-refractivity contribution in [3.8, 4) is 0 Å². The third-order valence-electron chi connectivity index (χ3n) is 3.79. The second kappa shape index (κ2) is 5.66. The molecule has 2 heterocycles. The van der Waals surface area contributed by atoms with E-state index in [9.17, 15) is 5.11 Å². The first-order valence-corrected chi connectivity index (χ1v) is 7.31. The summed E-state index contributed by atoms with van der Waals surface area (Å²) in [7, 11) is 0. The van der Waals surface area contributed by atoms with Crippen molar-refractivity contribution in [1.29, 1.82) is 0 Å². The Morgan fingerprint density at radius 1 is 1.24 bits per heavy atom. The van der Waals surface area contributed by atoms with Crippen molar-refractivity contribution >= 4 is 0 Å². The Balaban J connectivity index is 1.70. The van der Waals surface area contributed by atoms with Crippen LogP contribution in [0.15, 0.2) is 30.3 Å². The van der Waals surface area contributed by atoms with Crippen LogP contribution < -0.4 is 0 Å². The van der Waals surface area contributed by atoms with Gasteiger partial charge in [0.2, 0.25) is 0 Å². The normalized spacial score (nSPS) is 35.6. The van der Waals surface area contributed by atoms with Gasteiger partial charge in [0, 0.05) is 0 Å². The lowest BCUT2D eigenvalue weighted by Gasteiger charge is -2.27.